The SMILES string of the molecule is CNc1c(C#N)cnc2c3c(ccc12)CCCC3. The van der Waals surface area contributed by atoms with Crippen molar-refractivity contribution in [1.82, 2.24) is 4.98 Å². The molecule has 0 unspecified atom stereocenters. The third-order valence-corrected chi connectivity index (χ3v) is 3.73. The molecule has 90 valence electrons. The Labute approximate surface area is 106 Å². The van der Waals surface area contributed by atoms with Gasteiger partial charge in [0.2, 0.25) is 0 Å². The number of pyridine rings is 1. The van der Waals surface area contributed by atoms with E-state index in [-0.39, 0.29) is 0 Å². The fraction of sp³-hybridized carbons (Fsp3) is 0.333. The molecule has 0 radical (unpaired) electrons. The first-order valence-electron chi connectivity index (χ1n) is 6.36. The van der Waals surface area contributed by atoms with E-state index >= 15 is 0 Å². The second-order valence-electron chi connectivity index (χ2n) is 4.72. The first-order chi connectivity index (χ1) is 8.85. The maximum absolute atomic E-state index is 9.12. The van der Waals surface area contributed by atoms with Crippen molar-refractivity contribution in [1.29, 1.82) is 5.26 Å². The Bertz CT molecular complexity index is 653. The standard InChI is InChI=1S/C15H15N3/c1-17-14-11(8-16)9-18-15-12-5-3-2-4-10(12)6-7-13(14)15/h6-7,9H,2-5H2,1H3,(H,17,18). The van der Waals surface area contributed by atoms with Crippen LogP contribution in [0.1, 0.15) is 29.5 Å². The van der Waals surface area contributed by atoms with Gasteiger partial charge in [0, 0.05) is 18.6 Å². The van der Waals surface area contributed by atoms with Crippen molar-refractivity contribution in [3.8, 4) is 6.07 Å². The highest BCUT2D eigenvalue weighted by Gasteiger charge is 2.16. The molecule has 3 heteroatoms. The van der Waals surface area contributed by atoms with E-state index in [2.05, 4.69) is 28.5 Å². The minimum Gasteiger partial charge on any atom is -0.386 e. The molecule has 0 saturated carbocycles. The lowest BCUT2D eigenvalue weighted by Gasteiger charge is -2.18. The molecule has 0 spiro atoms. The van der Waals surface area contributed by atoms with Crippen molar-refractivity contribution < 1.29 is 0 Å². The molecule has 3 rings (SSSR count). The molecule has 1 heterocycles. The normalized spacial score (nSPS) is 14.0. The molecular weight excluding hydrogens is 222 g/mol. The zero-order valence-corrected chi connectivity index (χ0v) is 10.5. The van der Waals surface area contributed by atoms with Crippen molar-refractivity contribution in [2.75, 3.05) is 12.4 Å². The van der Waals surface area contributed by atoms with Crippen LogP contribution in [0.15, 0.2) is 18.3 Å². The largest absolute Gasteiger partial charge is 0.386 e. The van der Waals surface area contributed by atoms with Gasteiger partial charge in [0.05, 0.1) is 16.8 Å². The molecule has 0 amide bonds. The summed E-state index contributed by atoms with van der Waals surface area (Å²) in [6.45, 7) is 0. The van der Waals surface area contributed by atoms with Crippen LogP contribution in [-0.4, -0.2) is 12.0 Å². The van der Waals surface area contributed by atoms with Crippen LogP contribution in [0.3, 0.4) is 0 Å². The summed E-state index contributed by atoms with van der Waals surface area (Å²) in [6.07, 6.45) is 6.45. The molecule has 0 atom stereocenters. The van der Waals surface area contributed by atoms with Crippen LogP contribution in [0, 0.1) is 11.3 Å². The molecule has 0 saturated heterocycles. The zero-order chi connectivity index (χ0) is 12.5. The summed E-state index contributed by atoms with van der Waals surface area (Å²) in [5.41, 5.74) is 5.37. The number of aromatic nitrogens is 1. The molecule has 3 nitrogen and oxygen atoms in total. The third-order valence-electron chi connectivity index (χ3n) is 3.73. The lowest BCUT2D eigenvalue weighted by molar-refractivity contribution is 0.689. The number of rotatable bonds is 1. The Morgan fingerprint density at radius 3 is 2.89 bits per heavy atom. The fourth-order valence-corrected chi connectivity index (χ4v) is 2.85. The molecule has 1 N–H and O–H groups in total. The van der Waals surface area contributed by atoms with Gasteiger partial charge in [-0.1, -0.05) is 12.1 Å². The number of nitriles is 1. The number of anilines is 1. The monoisotopic (exact) mass is 237 g/mol. The molecule has 1 aliphatic rings. The fourth-order valence-electron chi connectivity index (χ4n) is 2.85. The van der Waals surface area contributed by atoms with E-state index in [1.54, 1.807) is 6.20 Å². The summed E-state index contributed by atoms with van der Waals surface area (Å²) >= 11 is 0. The van der Waals surface area contributed by atoms with Crippen molar-refractivity contribution in [2.24, 2.45) is 0 Å². The van der Waals surface area contributed by atoms with E-state index in [0.29, 0.717) is 5.56 Å². The number of nitrogens with one attached hydrogen (secondary N) is 1. The van der Waals surface area contributed by atoms with Gasteiger partial charge in [0.15, 0.2) is 0 Å². The number of hydrogen-bond donors (Lipinski definition) is 1. The summed E-state index contributed by atoms with van der Waals surface area (Å²) in [5, 5.41) is 13.3. The molecule has 18 heavy (non-hydrogen) atoms. The number of benzene rings is 1. The van der Waals surface area contributed by atoms with Crippen LogP contribution >= 0.6 is 0 Å². The van der Waals surface area contributed by atoms with Crippen LogP contribution in [-0.2, 0) is 12.8 Å². The predicted octanol–water partition coefficient (Wildman–Crippen LogP) is 3.03. The van der Waals surface area contributed by atoms with Gasteiger partial charge in [-0.25, -0.2) is 0 Å². The summed E-state index contributed by atoms with van der Waals surface area (Å²) in [4.78, 5) is 4.51. The van der Waals surface area contributed by atoms with Gasteiger partial charge in [-0.2, -0.15) is 5.26 Å². The summed E-state index contributed by atoms with van der Waals surface area (Å²) in [7, 11) is 1.86. The highest BCUT2D eigenvalue weighted by Crippen LogP contribution is 2.32. The van der Waals surface area contributed by atoms with Gasteiger partial charge < -0.3 is 5.32 Å². The smallest absolute Gasteiger partial charge is 0.103 e. The Hall–Kier alpha value is -2.08. The minimum absolute atomic E-state index is 0.612. The number of nitrogens with zero attached hydrogens (tertiary/aromatic N) is 2. The van der Waals surface area contributed by atoms with Gasteiger partial charge in [-0.15, -0.1) is 0 Å². The van der Waals surface area contributed by atoms with Gasteiger partial charge >= 0.3 is 0 Å². The van der Waals surface area contributed by atoms with E-state index in [1.807, 2.05) is 7.05 Å². The first kappa shape index (κ1) is 11.0. The van der Waals surface area contributed by atoms with E-state index in [4.69, 9.17) is 5.26 Å². The molecule has 1 aliphatic carbocycles. The lowest BCUT2D eigenvalue weighted by Crippen LogP contribution is -2.05. The van der Waals surface area contributed by atoms with Crippen molar-refractivity contribution in [3.63, 3.8) is 0 Å². The van der Waals surface area contributed by atoms with Gasteiger partial charge in [0.1, 0.15) is 6.07 Å². The van der Waals surface area contributed by atoms with Crippen LogP contribution in [0.4, 0.5) is 5.69 Å². The number of aryl methyl sites for hydroxylation is 2. The Balaban J connectivity index is 2.35. The third kappa shape index (κ3) is 1.53. The predicted molar refractivity (Wildman–Crippen MR) is 72.6 cm³/mol. The van der Waals surface area contributed by atoms with Gasteiger partial charge in [-0.05, 0) is 36.8 Å². The summed E-state index contributed by atoms with van der Waals surface area (Å²) in [6, 6.07) is 6.49. The van der Waals surface area contributed by atoms with Crippen molar-refractivity contribution >= 4 is 16.6 Å². The molecule has 0 bridgehead atoms. The van der Waals surface area contributed by atoms with Gasteiger partial charge in [-0.3, -0.25) is 4.98 Å². The summed E-state index contributed by atoms with van der Waals surface area (Å²) < 4.78 is 0. The minimum atomic E-state index is 0.612. The quantitative estimate of drug-likeness (QED) is 0.829. The second-order valence-corrected chi connectivity index (χ2v) is 4.72. The van der Waals surface area contributed by atoms with E-state index in [9.17, 15) is 0 Å². The average Bonchev–Trinajstić information content (AvgIpc) is 2.45. The Morgan fingerprint density at radius 1 is 1.28 bits per heavy atom. The molecule has 1 aromatic carbocycles. The van der Waals surface area contributed by atoms with Gasteiger partial charge in [0.25, 0.3) is 0 Å². The topological polar surface area (TPSA) is 48.7 Å². The highest BCUT2D eigenvalue weighted by molar-refractivity contribution is 5.96. The second kappa shape index (κ2) is 4.30. The average molecular weight is 237 g/mol. The number of fused-ring (bicyclic) bond motifs is 3. The number of hydrogen-bond acceptors (Lipinski definition) is 3. The van der Waals surface area contributed by atoms with E-state index in [1.165, 1.54) is 24.0 Å². The highest BCUT2D eigenvalue weighted by atomic mass is 14.8. The first-order valence-corrected chi connectivity index (χ1v) is 6.36. The zero-order valence-electron chi connectivity index (χ0n) is 10.5. The van der Waals surface area contributed by atoms with Crippen molar-refractivity contribution in [2.45, 2.75) is 25.7 Å². The van der Waals surface area contributed by atoms with Crippen LogP contribution in [0.5, 0.6) is 0 Å². The molecular formula is C15H15N3. The van der Waals surface area contributed by atoms with E-state index < -0.39 is 0 Å². The Kier molecular flexibility index (Phi) is 2.64. The molecule has 2 aromatic rings. The maximum Gasteiger partial charge on any atom is 0.103 e. The van der Waals surface area contributed by atoms with E-state index in [0.717, 1.165) is 29.4 Å². The van der Waals surface area contributed by atoms with Crippen LogP contribution in [0.25, 0.3) is 10.9 Å². The molecule has 0 fully saturated rings. The van der Waals surface area contributed by atoms with Crippen LogP contribution < -0.4 is 5.32 Å². The summed E-state index contributed by atoms with van der Waals surface area (Å²) in [5.74, 6) is 0. The maximum atomic E-state index is 9.12. The Morgan fingerprint density at radius 2 is 2.11 bits per heavy atom. The molecule has 0 aliphatic heterocycles. The lowest BCUT2D eigenvalue weighted by atomic mass is 9.89. The molecule has 1 aromatic heterocycles. The van der Waals surface area contributed by atoms with Crippen molar-refractivity contribution in [3.05, 3.63) is 35.0 Å². The van der Waals surface area contributed by atoms with Crippen LogP contribution in [0.2, 0.25) is 0 Å².